The Bertz CT molecular complexity index is 656. The van der Waals surface area contributed by atoms with Crippen LogP contribution in [0.4, 0.5) is 0 Å². The molecular weight excluding hydrogens is 322 g/mol. The number of carbonyl (C=O) groups excluding carboxylic acids is 3. The third kappa shape index (κ3) is 4.37. The molecule has 2 aliphatic heterocycles. The normalized spacial score (nSPS) is 23.9. The number of nitrogens with one attached hydrogen (secondary N) is 3. The average molecular weight is 347 g/mol. The van der Waals surface area contributed by atoms with Gasteiger partial charge in [0.1, 0.15) is 5.69 Å². The van der Waals surface area contributed by atoms with Crippen LogP contribution < -0.4 is 10.6 Å². The van der Waals surface area contributed by atoms with Crippen molar-refractivity contribution in [3.8, 4) is 0 Å². The van der Waals surface area contributed by atoms with Crippen molar-refractivity contribution in [2.75, 3.05) is 26.2 Å². The lowest BCUT2D eigenvalue weighted by Gasteiger charge is -2.26. The second kappa shape index (κ2) is 7.67. The molecule has 0 aromatic carbocycles. The van der Waals surface area contributed by atoms with E-state index in [1.165, 1.54) is 0 Å². The highest BCUT2D eigenvalue weighted by Crippen LogP contribution is 2.20. The summed E-state index contributed by atoms with van der Waals surface area (Å²) >= 11 is 0. The van der Waals surface area contributed by atoms with Gasteiger partial charge < -0.3 is 15.5 Å². The van der Waals surface area contributed by atoms with Crippen LogP contribution in [0.3, 0.4) is 0 Å². The van der Waals surface area contributed by atoms with Crippen LogP contribution in [0.5, 0.6) is 0 Å². The number of rotatable bonds is 4. The number of nitrogens with zero attached hydrogens (tertiary/aromatic N) is 2. The summed E-state index contributed by atoms with van der Waals surface area (Å²) in [5, 5.41) is 12.4. The number of hydrogen-bond donors (Lipinski definition) is 3. The molecule has 2 atom stereocenters. The van der Waals surface area contributed by atoms with Crippen LogP contribution in [0.2, 0.25) is 0 Å². The van der Waals surface area contributed by atoms with Gasteiger partial charge in [-0.1, -0.05) is 6.42 Å². The number of carbonyl (C=O) groups is 3. The largest absolute Gasteiger partial charge is 0.355 e. The molecule has 0 spiro atoms. The number of likely N-dealkylation sites (tertiary alicyclic amines) is 1. The summed E-state index contributed by atoms with van der Waals surface area (Å²) in [4.78, 5) is 38.0. The molecule has 8 nitrogen and oxygen atoms in total. The van der Waals surface area contributed by atoms with Crippen LogP contribution in [0.1, 0.15) is 41.9 Å². The van der Waals surface area contributed by atoms with Crippen LogP contribution in [0, 0.1) is 18.8 Å². The summed E-state index contributed by atoms with van der Waals surface area (Å²) in [5.41, 5.74) is 1.23. The van der Waals surface area contributed by atoms with Crippen molar-refractivity contribution in [2.45, 2.75) is 32.6 Å². The fourth-order valence-electron chi connectivity index (χ4n) is 3.50. The van der Waals surface area contributed by atoms with Gasteiger partial charge in [-0.3, -0.25) is 19.5 Å². The van der Waals surface area contributed by atoms with E-state index in [1.54, 1.807) is 6.07 Å². The van der Waals surface area contributed by atoms with E-state index in [-0.39, 0.29) is 36.0 Å². The van der Waals surface area contributed by atoms with Crippen molar-refractivity contribution in [3.05, 3.63) is 17.5 Å². The van der Waals surface area contributed by atoms with Crippen molar-refractivity contribution in [1.29, 1.82) is 0 Å². The van der Waals surface area contributed by atoms with E-state index in [0.717, 1.165) is 31.5 Å². The van der Waals surface area contributed by atoms with E-state index in [9.17, 15) is 14.4 Å². The highest BCUT2D eigenvalue weighted by molar-refractivity contribution is 5.92. The Balaban J connectivity index is 1.53. The highest BCUT2D eigenvalue weighted by Gasteiger charge is 2.33. The van der Waals surface area contributed by atoms with Gasteiger partial charge in [0, 0.05) is 38.3 Å². The molecule has 2 saturated heterocycles. The SMILES string of the molecule is Cc1cc(C(=O)NCC2CCCCN(C(=O)C3CNC(=O)C3)C2)n[nH]1. The van der Waals surface area contributed by atoms with Gasteiger partial charge in [0.05, 0.1) is 5.92 Å². The number of aromatic nitrogens is 2. The van der Waals surface area contributed by atoms with E-state index in [1.807, 2.05) is 11.8 Å². The van der Waals surface area contributed by atoms with Crippen molar-refractivity contribution in [3.63, 3.8) is 0 Å². The number of aromatic amines is 1. The molecule has 2 aliphatic rings. The third-order valence-electron chi connectivity index (χ3n) is 4.90. The van der Waals surface area contributed by atoms with Gasteiger partial charge in [-0.2, -0.15) is 5.10 Å². The molecule has 8 heteroatoms. The molecular formula is C17H25N5O3. The molecule has 2 fully saturated rings. The Kier molecular flexibility index (Phi) is 5.35. The molecule has 0 bridgehead atoms. The molecule has 1 aromatic rings. The molecule has 3 heterocycles. The van der Waals surface area contributed by atoms with Crippen LogP contribution in [0.15, 0.2) is 6.07 Å². The minimum atomic E-state index is -0.243. The molecule has 3 amide bonds. The molecule has 136 valence electrons. The van der Waals surface area contributed by atoms with Crippen molar-refractivity contribution in [1.82, 2.24) is 25.7 Å². The molecule has 0 aliphatic carbocycles. The topological polar surface area (TPSA) is 107 Å². The maximum absolute atomic E-state index is 12.6. The first-order valence-corrected chi connectivity index (χ1v) is 8.88. The maximum atomic E-state index is 12.6. The smallest absolute Gasteiger partial charge is 0.271 e. The molecule has 25 heavy (non-hydrogen) atoms. The number of aryl methyl sites for hydroxylation is 1. The molecule has 3 N–H and O–H groups in total. The van der Waals surface area contributed by atoms with Gasteiger partial charge in [-0.05, 0) is 31.7 Å². The summed E-state index contributed by atoms with van der Waals surface area (Å²) in [7, 11) is 0. The third-order valence-corrected chi connectivity index (χ3v) is 4.90. The summed E-state index contributed by atoms with van der Waals surface area (Å²) in [6, 6.07) is 1.71. The quantitative estimate of drug-likeness (QED) is 0.724. The molecule has 2 unspecified atom stereocenters. The van der Waals surface area contributed by atoms with E-state index in [4.69, 9.17) is 0 Å². The first-order valence-electron chi connectivity index (χ1n) is 8.88. The van der Waals surface area contributed by atoms with Crippen molar-refractivity contribution < 1.29 is 14.4 Å². The molecule has 0 radical (unpaired) electrons. The minimum Gasteiger partial charge on any atom is -0.355 e. The Morgan fingerprint density at radius 1 is 1.40 bits per heavy atom. The number of amides is 3. The lowest BCUT2D eigenvalue weighted by atomic mass is 10.0. The van der Waals surface area contributed by atoms with Gasteiger partial charge in [0.25, 0.3) is 5.91 Å². The predicted molar refractivity (Wildman–Crippen MR) is 90.7 cm³/mol. The molecule has 3 rings (SSSR count). The Labute approximate surface area is 146 Å². The fourth-order valence-corrected chi connectivity index (χ4v) is 3.50. The Morgan fingerprint density at radius 3 is 2.92 bits per heavy atom. The maximum Gasteiger partial charge on any atom is 0.271 e. The number of hydrogen-bond acceptors (Lipinski definition) is 4. The van der Waals surface area contributed by atoms with Crippen LogP contribution >= 0.6 is 0 Å². The zero-order valence-corrected chi connectivity index (χ0v) is 14.5. The van der Waals surface area contributed by atoms with Gasteiger partial charge in [-0.15, -0.1) is 0 Å². The molecule has 0 saturated carbocycles. The standard InChI is InChI=1S/C17H25N5O3/c1-11-6-14(21-20-11)16(24)19-8-12-4-2-3-5-22(10-12)17(25)13-7-15(23)18-9-13/h6,12-13H,2-5,7-10H2,1H3,(H,18,23)(H,19,24)(H,20,21). The summed E-state index contributed by atoms with van der Waals surface area (Å²) in [6.07, 6.45) is 3.26. The van der Waals surface area contributed by atoms with Crippen LogP contribution in [-0.4, -0.2) is 59.0 Å². The minimum absolute atomic E-state index is 0.0497. The summed E-state index contributed by atoms with van der Waals surface area (Å²) in [5.74, 6) is -0.212. The van der Waals surface area contributed by atoms with Gasteiger partial charge in [-0.25, -0.2) is 0 Å². The monoisotopic (exact) mass is 347 g/mol. The van der Waals surface area contributed by atoms with Crippen LogP contribution in [-0.2, 0) is 9.59 Å². The van der Waals surface area contributed by atoms with E-state index < -0.39 is 0 Å². The van der Waals surface area contributed by atoms with E-state index in [0.29, 0.717) is 25.3 Å². The summed E-state index contributed by atoms with van der Waals surface area (Å²) in [6.45, 7) is 4.17. The second-order valence-corrected chi connectivity index (χ2v) is 7.00. The lowest BCUT2D eigenvalue weighted by molar-refractivity contribution is -0.136. The molecule has 1 aromatic heterocycles. The predicted octanol–water partition coefficient (Wildman–Crippen LogP) is 0.213. The zero-order chi connectivity index (χ0) is 17.8. The van der Waals surface area contributed by atoms with Gasteiger partial charge >= 0.3 is 0 Å². The van der Waals surface area contributed by atoms with Crippen molar-refractivity contribution in [2.24, 2.45) is 11.8 Å². The number of H-pyrrole nitrogens is 1. The second-order valence-electron chi connectivity index (χ2n) is 7.00. The highest BCUT2D eigenvalue weighted by atomic mass is 16.2. The first-order chi connectivity index (χ1) is 12.0. The van der Waals surface area contributed by atoms with Gasteiger partial charge in [0.2, 0.25) is 11.8 Å². The summed E-state index contributed by atoms with van der Waals surface area (Å²) < 4.78 is 0. The van der Waals surface area contributed by atoms with E-state index >= 15 is 0 Å². The van der Waals surface area contributed by atoms with Gasteiger partial charge in [0.15, 0.2) is 0 Å². The average Bonchev–Trinajstić information content (AvgIpc) is 3.14. The van der Waals surface area contributed by atoms with Crippen molar-refractivity contribution >= 4 is 17.7 Å². The Hall–Kier alpha value is -2.38. The lowest BCUT2D eigenvalue weighted by Crippen LogP contribution is -2.42. The first kappa shape index (κ1) is 17.4. The Morgan fingerprint density at radius 2 is 2.24 bits per heavy atom. The fraction of sp³-hybridized carbons (Fsp3) is 0.647. The van der Waals surface area contributed by atoms with Crippen LogP contribution in [0.25, 0.3) is 0 Å². The zero-order valence-electron chi connectivity index (χ0n) is 14.5. The van der Waals surface area contributed by atoms with E-state index in [2.05, 4.69) is 20.8 Å².